The molecular formula is C12H11N3O3. The van der Waals surface area contributed by atoms with E-state index in [2.05, 4.69) is 10.6 Å². The number of hydrogen-bond donors (Lipinski definition) is 2. The highest BCUT2D eigenvalue weighted by Crippen LogP contribution is 2.24. The van der Waals surface area contributed by atoms with Gasteiger partial charge in [0.2, 0.25) is 0 Å². The smallest absolute Gasteiger partial charge is 0.321 e. The maximum Gasteiger partial charge on any atom is 0.321 e. The van der Waals surface area contributed by atoms with Gasteiger partial charge in [0.05, 0.1) is 0 Å². The van der Waals surface area contributed by atoms with Gasteiger partial charge < -0.3 is 10.2 Å². The number of amides is 4. The summed E-state index contributed by atoms with van der Waals surface area (Å²) in [7, 11) is 0. The molecule has 0 aromatic heterocycles. The van der Waals surface area contributed by atoms with Gasteiger partial charge in [0.25, 0.3) is 11.8 Å². The zero-order valence-electron chi connectivity index (χ0n) is 9.47. The summed E-state index contributed by atoms with van der Waals surface area (Å²) in [6, 6.07) is 6.12. The number of nitrogens with one attached hydrogen (secondary N) is 2. The van der Waals surface area contributed by atoms with Crippen molar-refractivity contribution in [3.63, 3.8) is 0 Å². The van der Waals surface area contributed by atoms with Crippen molar-refractivity contribution in [3.8, 4) is 0 Å². The maximum atomic E-state index is 12.2. The Hall–Kier alpha value is -2.37. The van der Waals surface area contributed by atoms with Crippen molar-refractivity contribution in [1.82, 2.24) is 15.5 Å². The average molecular weight is 245 g/mol. The zero-order valence-corrected chi connectivity index (χ0v) is 9.47. The number of fused-ring (bicyclic) bond motifs is 1. The van der Waals surface area contributed by atoms with Gasteiger partial charge in [-0.1, -0.05) is 18.2 Å². The summed E-state index contributed by atoms with van der Waals surface area (Å²) < 4.78 is 0. The molecule has 0 bridgehead atoms. The van der Waals surface area contributed by atoms with E-state index in [1.54, 1.807) is 12.1 Å². The van der Waals surface area contributed by atoms with Crippen LogP contribution in [0.15, 0.2) is 24.3 Å². The third-order valence-electron chi connectivity index (χ3n) is 3.22. The molecule has 3 rings (SSSR count). The van der Waals surface area contributed by atoms with Crippen molar-refractivity contribution < 1.29 is 14.4 Å². The van der Waals surface area contributed by atoms with E-state index < -0.39 is 18.0 Å². The van der Waals surface area contributed by atoms with E-state index in [9.17, 15) is 14.4 Å². The lowest BCUT2D eigenvalue weighted by molar-refractivity contribution is -0.125. The Labute approximate surface area is 103 Å². The molecule has 0 aliphatic carbocycles. The second-order valence-corrected chi connectivity index (χ2v) is 4.31. The van der Waals surface area contributed by atoms with Gasteiger partial charge in [-0.2, -0.15) is 0 Å². The molecule has 2 aliphatic rings. The Bertz CT molecular complexity index is 555. The molecule has 1 aromatic rings. The number of rotatable bonds is 1. The van der Waals surface area contributed by atoms with E-state index in [1.807, 2.05) is 12.1 Å². The van der Waals surface area contributed by atoms with Crippen LogP contribution in [0.2, 0.25) is 0 Å². The molecular weight excluding hydrogens is 234 g/mol. The van der Waals surface area contributed by atoms with E-state index in [1.165, 1.54) is 4.90 Å². The molecule has 18 heavy (non-hydrogen) atoms. The molecule has 2 aliphatic heterocycles. The Morgan fingerprint density at radius 2 is 1.94 bits per heavy atom. The lowest BCUT2D eigenvalue weighted by atomic mass is 10.1. The Kier molecular flexibility index (Phi) is 2.29. The van der Waals surface area contributed by atoms with Crippen LogP contribution in [0.25, 0.3) is 0 Å². The van der Waals surface area contributed by atoms with Crippen molar-refractivity contribution in [2.45, 2.75) is 12.6 Å². The van der Waals surface area contributed by atoms with E-state index in [4.69, 9.17) is 0 Å². The molecule has 1 atom stereocenters. The van der Waals surface area contributed by atoms with E-state index in [-0.39, 0.29) is 12.5 Å². The molecule has 0 spiro atoms. The zero-order chi connectivity index (χ0) is 12.7. The molecule has 1 saturated heterocycles. The highest BCUT2D eigenvalue weighted by atomic mass is 16.2. The van der Waals surface area contributed by atoms with E-state index in [0.29, 0.717) is 12.1 Å². The van der Waals surface area contributed by atoms with Crippen molar-refractivity contribution in [3.05, 3.63) is 35.4 Å². The summed E-state index contributed by atoms with van der Waals surface area (Å²) >= 11 is 0. The molecule has 0 radical (unpaired) electrons. The summed E-state index contributed by atoms with van der Waals surface area (Å²) in [5.41, 5.74) is 1.54. The molecule has 1 fully saturated rings. The van der Waals surface area contributed by atoms with Crippen LogP contribution in [-0.4, -0.2) is 35.3 Å². The van der Waals surface area contributed by atoms with Crippen LogP contribution < -0.4 is 10.6 Å². The monoisotopic (exact) mass is 245 g/mol. The van der Waals surface area contributed by atoms with Gasteiger partial charge in [-0.15, -0.1) is 0 Å². The summed E-state index contributed by atoms with van der Waals surface area (Å²) in [5.74, 6) is -0.596. The first-order valence-corrected chi connectivity index (χ1v) is 5.64. The van der Waals surface area contributed by atoms with Gasteiger partial charge in [0, 0.05) is 18.7 Å². The van der Waals surface area contributed by atoms with Crippen molar-refractivity contribution >= 4 is 17.8 Å². The second kappa shape index (κ2) is 3.83. The van der Waals surface area contributed by atoms with Crippen LogP contribution in [0, 0.1) is 0 Å². The van der Waals surface area contributed by atoms with Gasteiger partial charge in [-0.25, -0.2) is 4.79 Å². The van der Waals surface area contributed by atoms with Crippen LogP contribution in [0.1, 0.15) is 15.9 Å². The fourth-order valence-electron chi connectivity index (χ4n) is 2.30. The molecule has 2 N–H and O–H groups in total. The number of benzene rings is 1. The molecule has 6 nitrogen and oxygen atoms in total. The van der Waals surface area contributed by atoms with Gasteiger partial charge >= 0.3 is 6.03 Å². The topological polar surface area (TPSA) is 78.5 Å². The predicted octanol–water partition coefficient (Wildman–Crippen LogP) is -0.150. The Balaban J connectivity index is 1.86. The average Bonchev–Trinajstić information content (AvgIpc) is 2.68. The molecule has 92 valence electrons. The third kappa shape index (κ3) is 1.54. The van der Waals surface area contributed by atoms with Crippen LogP contribution in [0.4, 0.5) is 4.79 Å². The number of nitrogens with zero attached hydrogens (tertiary/aromatic N) is 1. The number of urea groups is 1. The SMILES string of the molecule is O=C1NCC(N2Cc3ccccc3C2=O)C(=O)N1. The number of carbonyl (C=O) groups is 3. The highest BCUT2D eigenvalue weighted by Gasteiger charge is 2.38. The number of imide groups is 1. The molecule has 4 amide bonds. The van der Waals surface area contributed by atoms with Crippen molar-refractivity contribution in [2.75, 3.05) is 6.54 Å². The minimum atomic E-state index is -0.636. The highest BCUT2D eigenvalue weighted by molar-refractivity contribution is 6.05. The standard InChI is InChI=1S/C12H11N3O3/c16-10-9(5-13-12(18)14-10)15-6-7-3-1-2-4-8(7)11(15)17/h1-4,9H,5-6H2,(H2,13,14,16,18). The lowest BCUT2D eigenvalue weighted by Crippen LogP contribution is -2.61. The summed E-state index contributed by atoms with van der Waals surface area (Å²) in [6.07, 6.45) is 0. The van der Waals surface area contributed by atoms with Crippen LogP contribution in [-0.2, 0) is 11.3 Å². The lowest BCUT2D eigenvalue weighted by Gasteiger charge is -2.29. The summed E-state index contributed by atoms with van der Waals surface area (Å²) in [4.78, 5) is 36.4. The minimum Gasteiger partial charge on any atom is -0.335 e. The molecule has 1 aromatic carbocycles. The van der Waals surface area contributed by atoms with Crippen LogP contribution in [0.3, 0.4) is 0 Å². The Morgan fingerprint density at radius 1 is 1.17 bits per heavy atom. The van der Waals surface area contributed by atoms with Crippen molar-refractivity contribution in [1.29, 1.82) is 0 Å². The van der Waals surface area contributed by atoms with Gasteiger partial charge in [0.1, 0.15) is 6.04 Å². The predicted molar refractivity (Wildman–Crippen MR) is 61.6 cm³/mol. The van der Waals surface area contributed by atoms with E-state index in [0.717, 1.165) is 5.56 Å². The summed E-state index contributed by atoms with van der Waals surface area (Å²) in [6.45, 7) is 0.563. The fourth-order valence-corrected chi connectivity index (χ4v) is 2.30. The quantitative estimate of drug-likeness (QED) is 0.722. The fraction of sp³-hybridized carbons (Fsp3) is 0.250. The largest absolute Gasteiger partial charge is 0.335 e. The van der Waals surface area contributed by atoms with Gasteiger partial charge in [0.15, 0.2) is 0 Å². The van der Waals surface area contributed by atoms with E-state index >= 15 is 0 Å². The first-order chi connectivity index (χ1) is 8.66. The first-order valence-electron chi connectivity index (χ1n) is 5.64. The van der Waals surface area contributed by atoms with Gasteiger partial charge in [-0.05, 0) is 11.6 Å². The Morgan fingerprint density at radius 3 is 2.67 bits per heavy atom. The second-order valence-electron chi connectivity index (χ2n) is 4.31. The maximum absolute atomic E-state index is 12.2. The van der Waals surface area contributed by atoms with Gasteiger partial charge in [-0.3, -0.25) is 14.9 Å². The van der Waals surface area contributed by atoms with Crippen LogP contribution >= 0.6 is 0 Å². The third-order valence-corrected chi connectivity index (χ3v) is 3.22. The minimum absolute atomic E-state index is 0.157. The molecule has 2 heterocycles. The molecule has 6 heteroatoms. The number of hydrogen-bond acceptors (Lipinski definition) is 3. The molecule has 0 saturated carbocycles. The normalized spacial score (nSPS) is 22.6. The first kappa shape index (κ1) is 10.8. The van der Waals surface area contributed by atoms with Crippen LogP contribution in [0.5, 0.6) is 0 Å². The summed E-state index contributed by atoms with van der Waals surface area (Å²) in [5, 5.41) is 4.69. The van der Waals surface area contributed by atoms with Crippen molar-refractivity contribution in [2.24, 2.45) is 0 Å². The number of carbonyl (C=O) groups excluding carboxylic acids is 3. The molecule has 1 unspecified atom stereocenters.